The normalized spacial score (nSPS) is 12.1. The second kappa shape index (κ2) is 8.53. The molecule has 3 heteroatoms. The van der Waals surface area contributed by atoms with E-state index in [2.05, 4.69) is 107 Å². The molecule has 6 aromatic rings. The third kappa shape index (κ3) is 3.98. The van der Waals surface area contributed by atoms with Crippen LogP contribution in [-0.4, -0.2) is 9.97 Å². The zero-order valence-corrected chi connectivity index (χ0v) is 22.3. The Morgan fingerprint density at radius 1 is 0.750 bits per heavy atom. The van der Waals surface area contributed by atoms with Crippen LogP contribution in [-0.2, 0) is 6.42 Å². The Morgan fingerprint density at radius 3 is 2.31 bits per heavy atom. The second-order valence-electron chi connectivity index (χ2n) is 11.1. The van der Waals surface area contributed by atoms with Gasteiger partial charge >= 0.3 is 0 Å². The standard InChI is InChI=1S/C33H30N2S/c1-20-16-22(18-33(3,4)5)10-13-26(20)27-14-15-28-30-32(36-31(28)21(27)2)29(34-19-35-30)25-12-11-23-8-6-7-9-24(23)17-25/h6-17,19H,18H2,1-5H3. The third-order valence-corrected chi connectivity index (χ3v) is 8.33. The summed E-state index contributed by atoms with van der Waals surface area (Å²) in [7, 11) is 0. The molecule has 0 radical (unpaired) electrons. The van der Waals surface area contributed by atoms with Gasteiger partial charge in [0.1, 0.15) is 6.33 Å². The Labute approximate surface area is 216 Å². The zero-order chi connectivity index (χ0) is 25.0. The summed E-state index contributed by atoms with van der Waals surface area (Å²) in [4.78, 5) is 9.47. The Morgan fingerprint density at radius 2 is 1.53 bits per heavy atom. The first-order valence-electron chi connectivity index (χ1n) is 12.5. The summed E-state index contributed by atoms with van der Waals surface area (Å²) in [6.07, 6.45) is 2.79. The number of rotatable bonds is 3. The van der Waals surface area contributed by atoms with E-state index in [0.29, 0.717) is 0 Å². The lowest BCUT2D eigenvalue weighted by Crippen LogP contribution is -2.09. The summed E-state index contributed by atoms with van der Waals surface area (Å²) in [5.74, 6) is 0. The van der Waals surface area contributed by atoms with E-state index < -0.39 is 0 Å². The molecule has 0 bridgehead atoms. The van der Waals surface area contributed by atoms with Crippen LogP contribution in [0.15, 0.2) is 79.1 Å². The molecule has 0 aliphatic carbocycles. The lowest BCUT2D eigenvalue weighted by Gasteiger charge is -2.19. The van der Waals surface area contributed by atoms with Crippen LogP contribution in [0, 0.1) is 19.3 Å². The van der Waals surface area contributed by atoms with Gasteiger partial charge in [0.05, 0.1) is 15.9 Å². The van der Waals surface area contributed by atoms with Crippen LogP contribution in [0.3, 0.4) is 0 Å². The minimum atomic E-state index is 0.281. The van der Waals surface area contributed by atoms with Crippen molar-refractivity contribution in [3.05, 3.63) is 95.8 Å². The fourth-order valence-electron chi connectivity index (χ4n) is 5.36. The summed E-state index contributed by atoms with van der Waals surface area (Å²) in [5, 5.41) is 3.68. The molecule has 0 saturated heterocycles. The van der Waals surface area contributed by atoms with E-state index in [9.17, 15) is 0 Å². The highest BCUT2D eigenvalue weighted by Crippen LogP contribution is 2.42. The van der Waals surface area contributed by atoms with Gasteiger partial charge in [-0.15, -0.1) is 11.3 Å². The van der Waals surface area contributed by atoms with Gasteiger partial charge in [0.2, 0.25) is 0 Å². The van der Waals surface area contributed by atoms with Gasteiger partial charge in [0.25, 0.3) is 0 Å². The highest BCUT2D eigenvalue weighted by molar-refractivity contribution is 7.26. The van der Waals surface area contributed by atoms with Crippen LogP contribution in [0.1, 0.15) is 37.5 Å². The Bertz CT molecular complexity index is 1770. The average molecular weight is 487 g/mol. The predicted octanol–water partition coefficient (Wildman–Crippen LogP) is 9.54. The quantitative estimate of drug-likeness (QED) is 0.249. The fourth-order valence-corrected chi connectivity index (χ4v) is 6.63. The van der Waals surface area contributed by atoms with Crippen LogP contribution in [0.25, 0.3) is 53.5 Å². The largest absolute Gasteiger partial charge is 0.235 e. The van der Waals surface area contributed by atoms with E-state index >= 15 is 0 Å². The third-order valence-electron chi connectivity index (χ3n) is 7.01. The molecule has 0 aliphatic rings. The number of aryl methyl sites for hydroxylation is 2. The maximum absolute atomic E-state index is 4.74. The van der Waals surface area contributed by atoms with Gasteiger partial charge in [-0.1, -0.05) is 87.5 Å². The van der Waals surface area contributed by atoms with E-state index in [1.165, 1.54) is 48.7 Å². The van der Waals surface area contributed by atoms with Crippen molar-refractivity contribution >= 4 is 42.4 Å². The van der Waals surface area contributed by atoms with Crippen LogP contribution in [0.2, 0.25) is 0 Å². The lowest BCUT2D eigenvalue weighted by atomic mass is 9.86. The maximum Gasteiger partial charge on any atom is 0.116 e. The van der Waals surface area contributed by atoms with Crippen molar-refractivity contribution in [1.29, 1.82) is 0 Å². The summed E-state index contributed by atoms with van der Waals surface area (Å²) in [5.41, 5.74) is 10.1. The van der Waals surface area contributed by atoms with Crippen molar-refractivity contribution in [2.45, 2.75) is 41.0 Å². The summed E-state index contributed by atoms with van der Waals surface area (Å²) in [6, 6.07) is 26.6. The Kier molecular flexibility index (Phi) is 5.42. The molecular weight excluding hydrogens is 456 g/mol. The van der Waals surface area contributed by atoms with E-state index in [-0.39, 0.29) is 5.41 Å². The summed E-state index contributed by atoms with van der Waals surface area (Å²) >= 11 is 1.82. The maximum atomic E-state index is 4.74. The topological polar surface area (TPSA) is 25.8 Å². The van der Waals surface area contributed by atoms with Crippen molar-refractivity contribution in [3.8, 4) is 22.4 Å². The number of hydrogen-bond donors (Lipinski definition) is 0. The van der Waals surface area contributed by atoms with Crippen molar-refractivity contribution < 1.29 is 0 Å². The van der Waals surface area contributed by atoms with Crippen LogP contribution >= 0.6 is 11.3 Å². The number of nitrogens with zero attached hydrogens (tertiary/aromatic N) is 2. The van der Waals surface area contributed by atoms with Crippen LogP contribution in [0.5, 0.6) is 0 Å². The van der Waals surface area contributed by atoms with Crippen LogP contribution in [0.4, 0.5) is 0 Å². The average Bonchev–Trinajstić information content (AvgIpc) is 3.23. The molecule has 2 heterocycles. The molecule has 0 fully saturated rings. The first-order chi connectivity index (χ1) is 17.3. The minimum absolute atomic E-state index is 0.281. The van der Waals surface area contributed by atoms with Gasteiger partial charge in [0.15, 0.2) is 0 Å². The van der Waals surface area contributed by atoms with Gasteiger partial charge < -0.3 is 0 Å². The summed E-state index contributed by atoms with van der Waals surface area (Å²) < 4.78 is 2.45. The lowest BCUT2D eigenvalue weighted by molar-refractivity contribution is 0.411. The molecule has 0 spiro atoms. The van der Waals surface area contributed by atoms with Crippen molar-refractivity contribution in [2.24, 2.45) is 5.41 Å². The number of hydrogen-bond acceptors (Lipinski definition) is 3. The Balaban J connectivity index is 1.49. The number of aromatic nitrogens is 2. The first-order valence-corrected chi connectivity index (χ1v) is 13.4. The number of thiophene rings is 1. The SMILES string of the molecule is Cc1cc(CC(C)(C)C)ccc1-c1ccc2c(sc3c(-c4ccc5ccccc5c4)ncnc32)c1C. The highest BCUT2D eigenvalue weighted by Gasteiger charge is 2.18. The molecule has 4 aromatic carbocycles. The highest BCUT2D eigenvalue weighted by atomic mass is 32.1. The molecule has 36 heavy (non-hydrogen) atoms. The van der Waals surface area contributed by atoms with Gasteiger partial charge in [-0.05, 0) is 70.3 Å². The monoisotopic (exact) mass is 486 g/mol. The molecule has 178 valence electrons. The molecule has 0 N–H and O–H groups in total. The van der Waals surface area contributed by atoms with E-state index in [0.717, 1.165) is 27.9 Å². The van der Waals surface area contributed by atoms with Gasteiger partial charge in [0, 0.05) is 15.6 Å². The van der Waals surface area contributed by atoms with Crippen molar-refractivity contribution in [2.75, 3.05) is 0 Å². The zero-order valence-electron chi connectivity index (χ0n) is 21.5. The van der Waals surface area contributed by atoms with Gasteiger partial charge in [-0.3, -0.25) is 0 Å². The molecule has 2 aromatic heterocycles. The molecule has 0 amide bonds. The fraction of sp³-hybridized carbons (Fsp3) is 0.212. The summed E-state index contributed by atoms with van der Waals surface area (Å²) in [6.45, 7) is 11.4. The molecule has 0 aliphatic heterocycles. The van der Waals surface area contributed by atoms with Crippen LogP contribution < -0.4 is 0 Å². The molecule has 0 atom stereocenters. The van der Waals surface area contributed by atoms with Gasteiger partial charge in [-0.25, -0.2) is 9.97 Å². The molecule has 2 nitrogen and oxygen atoms in total. The predicted molar refractivity (Wildman–Crippen MR) is 156 cm³/mol. The smallest absolute Gasteiger partial charge is 0.116 e. The molecule has 6 rings (SSSR count). The van der Waals surface area contributed by atoms with E-state index in [1.54, 1.807) is 6.33 Å². The van der Waals surface area contributed by atoms with E-state index in [1.807, 2.05) is 11.3 Å². The number of fused-ring (bicyclic) bond motifs is 4. The minimum Gasteiger partial charge on any atom is -0.235 e. The van der Waals surface area contributed by atoms with Crippen molar-refractivity contribution in [1.82, 2.24) is 9.97 Å². The first kappa shape index (κ1) is 22.9. The molecular formula is C33H30N2S. The van der Waals surface area contributed by atoms with E-state index in [4.69, 9.17) is 9.97 Å². The Hall–Kier alpha value is -3.56. The number of benzene rings is 4. The van der Waals surface area contributed by atoms with Gasteiger partial charge in [-0.2, -0.15) is 0 Å². The molecule has 0 unspecified atom stereocenters. The molecule has 0 saturated carbocycles. The van der Waals surface area contributed by atoms with Crippen molar-refractivity contribution in [3.63, 3.8) is 0 Å². The second-order valence-corrected chi connectivity index (χ2v) is 12.1.